The van der Waals surface area contributed by atoms with Gasteiger partial charge in [0.1, 0.15) is 5.54 Å². The fraction of sp³-hybridized carbons (Fsp3) is 0.800. The Morgan fingerprint density at radius 2 is 2.00 bits per heavy atom. The van der Waals surface area contributed by atoms with E-state index in [1.54, 1.807) is 11.8 Å². The maximum Gasteiger partial charge on any atom is 0.327 e. The molecule has 1 unspecified atom stereocenters. The Balaban J connectivity index is 2.91. The van der Waals surface area contributed by atoms with Crippen molar-refractivity contribution >= 4 is 24.6 Å². The van der Waals surface area contributed by atoms with Crippen molar-refractivity contribution < 1.29 is 9.59 Å². The second-order valence-electron chi connectivity index (χ2n) is 4.08. The summed E-state index contributed by atoms with van der Waals surface area (Å²) in [5, 5.41) is 0. The molecule has 1 aliphatic heterocycles. The van der Waals surface area contributed by atoms with Crippen LogP contribution in [-0.2, 0) is 4.79 Å². The molecule has 0 radical (unpaired) electrons. The molecule has 5 heteroatoms. The number of hydrogen-bond donors (Lipinski definition) is 1. The average Bonchev–Trinajstić information content (AvgIpc) is 2.40. The molecule has 1 saturated heterocycles. The average molecular weight is 230 g/mol. The zero-order valence-corrected chi connectivity index (χ0v) is 10.4. The van der Waals surface area contributed by atoms with E-state index in [2.05, 4.69) is 19.6 Å². The van der Waals surface area contributed by atoms with Crippen LogP contribution >= 0.6 is 12.6 Å². The van der Waals surface area contributed by atoms with Gasteiger partial charge < -0.3 is 4.90 Å². The van der Waals surface area contributed by atoms with E-state index < -0.39 is 5.54 Å². The predicted molar refractivity (Wildman–Crippen MR) is 62.0 cm³/mol. The van der Waals surface area contributed by atoms with Gasteiger partial charge in [-0.05, 0) is 13.3 Å². The molecule has 1 atom stereocenters. The topological polar surface area (TPSA) is 40.6 Å². The molecule has 0 N–H and O–H groups in total. The monoisotopic (exact) mass is 230 g/mol. The Morgan fingerprint density at radius 3 is 2.47 bits per heavy atom. The van der Waals surface area contributed by atoms with Crippen LogP contribution in [0.5, 0.6) is 0 Å². The summed E-state index contributed by atoms with van der Waals surface area (Å²) in [6, 6.07) is -0.204. The Kier molecular flexibility index (Phi) is 3.65. The highest BCUT2D eigenvalue weighted by Crippen LogP contribution is 2.28. The number of thiol groups is 1. The number of likely N-dealkylation sites (N-methyl/N-ethyl adjacent to an activating group) is 1. The molecule has 0 aliphatic carbocycles. The smallest absolute Gasteiger partial charge is 0.309 e. The molecule has 1 heterocycles. The first-order valence-electron chi connectivity index (χ1n) is 5.19. The van der Waals surface area contributed by atoms with Crippen LogP contribution in [0.15, 0.2) is 0 Å². The maximum absolute atomic E-state index is 11.9. The molecule has 0 aromatic rings. The van der Waals surface area contributed by atoms with E-state index in [1.165, 1.54) is 11.9 Å². The second-order valence-corrected chi connectivity index (χ2v) is 4.40. The quantitative estimate of drug-likeness (QED) is 0.585. The first-order chi connectivity index (χ1) is 6.99. The lowest BCUT2D eigenvalue weighted by Gasteiger charge is -2.30. The summed E-state index contributed by atoms with van der Waals surface area (Å²) in [5.41, 5.74) is -0.760. The van der Waals surface area contributed by atoms with Crippen LogP contribution in [0.2, 0.25) is 0 Å². The van der Waals surface area contributed by atoms with Crippen LogP contribution in [0, 0.1) is 0 Å². The highest BCUT2D eigenvalue weighted by molar-refractivity contribution is 7.80. The largest absolute Gasteiger partial charge is 0.327 e. The first kappa shape index (κ1) is 12.4. The summed E-state index contributed by atoms with van der Waals surface area (Å²) >= 11 is 4.18. The molecule has 1 aliphatic rings. The van der Waals surface area contributed by atoms with Crippen LogP contribution in [0.1, 0.15) is 26.7 Å². The van der Waals surface area contributed by atoms with Gasteiger partial charge in [-0.3, -0.25) is 9.69 Å². The van der Waals surface area contributed by atoms with E-state index in [1.807, 2.05) is 0 Å². The van der Waals surface area contributed by atoms with Crippen molar-refractivity contribution in [1.29, 1.82) is 0 Å². The Labute approximate surface area is 96.0 Å². The molecule has 15 heavy (non-hydrogen) atoms. The zero-order chi connectivity index (χ0) is 11.6. The molecule has 0 saturated carbocycles. The van der Waals surface area contributed by atoms with Crippen molar-refractivity contribution in [3.05, 3.63) is 0 Å². The molecular formula is C10H18N2O2S. The summed E-state index contributed by atoms with van der Waals surface area (Å²) in [4.78, 5) is 26.5. The van der Waals surface area contributed by atoms with Gasteiger partial charge in [-0.2, -0.15) is 12.6 Å². The van der Waals surface area contributed by atoms with Crippen molar-refractivity contribution in [2.45, 2.75) is 32.2 Å². The normalized spacial score (nSPS) is 26.7. The lowest BCUT2D eigenvalue weighted by Crippen LogP contribution is -2.49. The molecule has 1 rings (SSSR count). The highest BCUT2D eigenvalue weighted by Gasteiger charge is 2.51. The van der Waals surface area contributed by atoms with Crippen LogP contribution in [-0.4, -0.2) is 46.6 Å². The minimum Gasteiger partial charge on any atom is -0.309 e. The van der Waals surface area contributed by atoms with Crippen molar-refractivity contribution in [3.63, 3.8) is 0 Å². The third-order valence-electron chi connectivity index (χ3n) is 2.92. The number of hydrogen-bond acceptors (Lipinski definition) is 3. The fourth-order valence-electron chi connectivity index (χ4n) is 1.77. The summed E-state index contributed by atoms with van der Waals surface area (Å²) in [7, 11) is 1.53. The van der Waals surface area contributed by atoms with Gasteiger partial charge >= 0.3 is 6.03 Å². The van der Waals surface area contributed by atoms with Crippen LogP contribution in [0.25, 0.3) is 0 Å². The number of unbranched alkanes of at least 4 members (excludes halogenated alkanes) is 1. The highest BCUT2D eigenvalue weighted by atomic mass is 32.1. The van der Waals surface area contributed by atoms with Crippen LogP contribution in [0.3, 0.4) is 0 Å². The van der Waals surface area contributed by atoms with Crippen molar-refractivity contribution in [2.75, 3.05) is 19.3 Å². The predicted octanol–water partition coefficient (Wildman–Crippen LogP) is 1.37. The summed E-state index contributed by atoms with van der Waals surface area (Å²) < 4.78 is 0. The number of amides is 3. The zero-order valence-electron chi connectivity index (χ0n) is 9.49. The first-order valence-corrected chi connectivity index (χ1v) is 5.83. The van der Waals surface area contributed by atoms with Gasteiger partial charge in [0.25, 0.3) is 5.91 Å². The molecule has 86 valence electrons. The Bertz CT molecular complexity index is 283. The SMILES string of the molecule is CCCCN1C(=O)N(C)C(=O)C1(C)CS. The number of urea groups is 1. The third-order valence-corrected chi connectivity index (χ3v) is 3.54. The Hall–Kier alpha value is -0.710. The summed E-state index contributed by atoms with van der Waals surface area (Å²) in [5.74, 6) is 0.213. The van der Waals surface area contributed by atoms with Crippen molar-refractivity contribution in [2.24, 2.45) is 0 Å². The van der Waals surface area contributed by atoms with Gasteiger partial charge in [0.2, 0.25) is 0 Å². The van der Waals surface area contributed by atoms with E-state index >= 15 is 0 Å². The van der Waals surface area contributed by atoms with Gasteiger partial charge in [0.15, 0.2) is 0 Å². The maximum atomic E-state index is 11.9. The van der Waals surface area contributed by atoms with Gasteiger partial charge in [0.05, 0.1) is 0 Å². The number of nitrogens with zero attached hydrogens (tertiary/aromatic N) is 2. The van der Waals surface area contributed by atoms with E-state index in [9.17, 15) is 9.59 Å². The summed E-state index contributed by atoms with van der Waals surface area (Å²) in [6.45, 7) is 4.46. The Morgan fingerprint density at radius 1 is 1.40 bits per heavy atom. The number of imide groups is 1. The lowest BCUT2D eigenvalue weighted by molar-refractivity contribution is -0.130. The molecular weight excluding hydrogens is 212 g/mol. The van der Waals surface area contributed by atoms with Gasteiger partial charge in [0, 0.05) is 19.3 Å². The second kappa shape index (κ2) is 4.43. The van der Waals surface area contributed by atoms with E-state index in [4.69, 9.17) is 0 Å². The van der Waals surface area contributed by atoms with Crippen LogP contribution in [0.4, 0.5) is 4.79 Å². The molecule has 0 spiro atoms. The summed E-state index contributed by atoms with van der Waals surface area (Å²) in [6.07, 6.45) is 1.92. The fourth-order valence-corrected chi connectivity index (χ4v) is 2.07. The molecule has 0 aromatic heterocycles. The van der Waals surface area contributed by atoms with E-state index in [0.29, 0.717) is 12.3 Å². The van der Waals surface area contributed by atoms with E-state index in [-0.39, 0.29) is 11.9 Å². The van der Waals surface area contributed by atoms with Gasteiger partial charge in [-0.15, -0.1) is 0 Å². The van der Waals surface area contributed by atoms with Gasteiger partial charge in [-0.25, -0.2) is 4.79 Å². The standard InChI is InChI=1S/C10H18N2O2S/c1-4-5-6-12-9(14)11(3)8(13)10(12,2)7-15/h15H,4-7H2,1-3H3. The lowest BCUT2D eigenvalue weighted by atomic mass is 10.0. The van der Waals surface area contributed by atoms with Crippen molar-refractivity contribution in [3.8, 4) is 0 Å². The molecule has 1 fully saturated rings. The van der Waals surface area contributed by atoms with Gasteiger partial charge in [-0.1, -0.05) is 13.3 Å². The minimum absolute atomic E-state index is 0.154. The number of carbonyl (C=O) groups excluding carboxylic acids is 2. The van der Waals surface area contributed by atoms with E-state index in [0.717, 1.165) is 12.8 Å². The van der Waals surface area contributed by atoms with Crippen molar-refractivity contribution in [1.82, 2.24) is 9.80 Å². The molecule has 4 nitrogen and oxygen atoms in total. The number of rotatable bonds is 4. The number of carbonyl (C=O) groups is 2. The third kappa shape index (κ3) is 1.85. The van der Waals surface area contributed by atoms with Crippen LogP contribution < -0.4 is 0 Å². The minimum atomic E-state index is -0.760. The molecule has 0 bridgehead atoms. The molecule has 0 aromatic carbocycles. The molecule has 3 amide bonds.